The smallest absolute Gasteiger partial charge is 0.335 e. The largest absolute Gasteiger partial charge is 0.478 e. The van der Waals surface area contributed by atoms with Crippen LogP contribution in [0.1, 0.15) is 26.3 Å². The van der Waals surface area contributed by atoms with E-state index >= 15 is 0 Å². The predicted molar refractivity (Wildman–Crippen MR) is 155 cm³/mol. The molecule has 9 heteroatoms. The van der Waals surface area contributed by atoms with Gasteiger partial charge in [0.15, 0.2) is 0 Å². The Hall–Kier alpha value is -4.73. The number of aromatic nitrogens is 1. The molecular weight excluding hydrogens is 506 g/mol. The van der Waals surface area contributed by atoms with Gasteiger partial charge in [-0.2, -0.15) is 0 Å². The van der Waals surface area contributed by atoms with E-state index in [1.807, 2.05) is 60.8 Å². The molecule has 3 N–H and O–H groups in total. The van der Waals surface area contributed by atoms with Crippen molar-refractivity contribution in [3.8, 4) is 0 Å². The third-order valence-electron chi connectivity index (χ3n) is 7.51. The molecule has 2 aliphatic rings. The molecule has 0 spiro atoms. The predicted octanol–water partition coefficient (Wildman–Crippen LogP) is 4.16. The Morgan fingerprint density at radius 2 is 1.70 bits per heavy atom. The number of fused-ring (bicyclic) bond motifs is 2. The first-order valence-corrected chi connectivity index (χ1v) is 13.2. The van der Waals surface area contributed by atoms with Crippen LogP contribution in [0.25, 0.3) is 22.2 Å². The van der Waals surface area contributed by atoms with E-state index in [0.717, 1.165) is 48.3 Å². The van der Waals surface area contributed by atoms with Gasteiger partial charge in [-0.05, 0) is 49.0 Å². The molecule has 202 valence electrons. The number of piperazine rings is 1. The average Bonchev–Trinajstić information content (AvgIpc) is 3.53. The van der Waals surface area contributed by atoms with Crippen molar-refractivity contribution in [2.75, 3.05) is 50.4 Å². The summed E-state index contributed by atoms with van der Waals surface area (Å²) in [5.41, 5.74) is 4.61. The van der Waals surface area contributed by atoms with Crippen molar-refractivity contribution in [2.45, 2.75) is 0 Å². The number of carbonyl (C=O) groups excluding carboxylic acids is 2. The van der Waals surface area contributed by atoms with E-state index in [9.17, 15) is 19.5 Å². The first-order chi connectivity index (χ1) is 19.4. The summed E-state index contributed by atoms with van der Waals surface area (Å²) in [6, 6.07) is 21.8. The minimum atomic E-state index is -1.06. The fourth-order valence-corrected chi connectivity index (χ4v) is 5.29. The highest BCUT2D eigenvalue weighted by molar-refractivity contribution is 6.37. The summed E-state index contributed by atoms with van der Waals surface area (Å²) < 4.78 is 1.70. The molecule has 9 nitrogen and oxygen atoms in total. The minimum Gasteiger partial charge on any atom is -0.478 e. The summed E-state index contributed by atoms with van der Waals surface area (Å²) in [4.78, 5) is 42.2. The number of anilines is 2. The molecule has 0 atom stereocenters. The molecule has 0 radical (unpaired) electrons. The van der Waals surface area contributed by atoms with Crippen LogP contribution in [0.3, 0.4) is 0 Å². The van der Waals surface area contributed by atoms with Crippen LogP contribution in [0.4, 0.5) is 11.4 Å². The van der Waals surface area contributed by atoms with Crippen LogP contribution in [-0.4, -0.2) is 77.0 Å². The van der Waals surface area contributed by atoms with E-state index < -0.39 is 5.97 Å². The summed E-state index contributed by atoms with van der Waals surface area (Å²) in [5, 5.41) is 16.5. The van der Waals surface area contributed by atoms with Crippen molar-refractivity contribution in [3.63, 3.8) is 0 Å². The monoisotopic (exact) mass is 535 g/mol. The lowest BCUT2D eigenvalue weighted by Gasteiger charge is -2.31. The summed E-state index contributed by atoms with van der Waals surface area (Å²) in [6.07, 6.45) is 1.81. The number of carbonyl (C=O) groups is 3. The maximum Gasteiger partial charge on any atom is 0.335 e. The van der Waals surface area contributed by atoms with Gasteiger partial charge in [0.1, 0.15) is 0 Å². The van der Waals surface area contributed by atoms with Crippen LogP contribution in [0.2, 0.25) is 0 Å². The number of hydrogen-bond donors (Lipinski definition) is 3. The summed E-state index contributed by atoms with van der Waals surface area (Å²) in [5.74, 6) is -1.34. The quantitative estimate of drug-likeness (QED) is 0.318. The zero-order valence-electron chi connectivity index (χ0n) is 22.1. The number of hydrogen-bond acceptors (Lipinski definition) is 6. The fraction of sp³-hybridized carbons (Fsp3) is 0.194. The van der Waals surface area contributed by atoms with E-state index in [1.165, 1.54) is 12.1 Å². The molecule has 0 unspecified atom stereocenters. The molecule has 6 rings (SSSR count). The van der Waals surface area contributed by atoms with Crippen molar-refractivity contribution in [2.24, 2.45) is 0 Å². The number of carboxylic acids is 1. The molecule has 1 amide bonds. The van der Waals surface area contributed by atoms with Gasteiger partial charge in [0.25, 0.3) is 5.91 Å². The summed E-state index contributed by atoms with van der Waals surface area (Å²) in [6.45, 7) is 4.04. The Bertz CT molecular complexity index is 1670. The maximum atomic E-state index is 13.2. The van der Waals surface area contributed by atoms with Gasteiger partial charge < -0.3 is 20.6 Å². The van der Waals surface area contributed by atoms with Gasteiger partial charge in [0, 0.05) is 49.0 Å². The van der Waals surface area contributed by atoms with E-state index in [4.69, 9.17) is 0 Å². The van der Waals surface area contributed by atoms with Gasteiger partial charge in [-0.15, -0.1) is 0 Å². The van der Waals surface area contributed by atoms with Crippen molar-refractivity contribution in [1.29, 1.82) is 0 Å². The lowest BCUT2D eigenvalue weighted by molar-refractivity contribution is -0.110. The molecule has 2 aliphatic heterocycles. The summed E-state index contributed by atoms with van der Waals surface area (Å²) >= 11 is 0. The van der Waals surface area contributed by atoms with Gasteiger partial charge in [0.2, 0.25) is 5.91 Å². The van der Waals surface area contributed by atoms with Crippen molar-refractivity contribution < 1.29 is 19.5 Å². The van der Waals surface area contributed by atoms with Gasteiger partial charge in [0.05, 0.1) is 34.6 Å². The molecule has 3 aromatic carbocycles. The highest BCUT2D eigenvalue weighted by Gasteiger charge is 2.29. The van der Waals surface area contributed by atoms with Crippen molar-refractivity contribution >= 4 is 51.3 Å². The molecule has 4 aromatic rings. The molecule has 0 aliphatic carbocycles. The van der Waals surface area contributed by atoms with Gasteiger partial charge in [-0.25, -0.2) is 4.79 Å². The van der Waals surface area contributed by atoms with Gasteiger partial charge in [-0.3, -0.25) is 19.1 Å². The normalized spacial score (nSPS) is 17.0. The summed E-state index contributed by atoms with van der Waals surface area (Å²) in [7, 11) is 2.09. The van der Waals surface area contributed by atoms with Crippen LogP contribution < -0.4 is 10.6 Å². The maximum absolute atomic E-state index is 13.2. The molecule has 0 bridgehead atoms. The number of amides is 1. The first kappa shape index (κ1) is 25.5. The van der Waals surface area contributed by atoms with Gasteiger partial charge in [-0.1, -0.05) is 36.4 Å². The molecule has 40 heavy (non-hydrogen) atoms. The molecule has 1 saturated heterocycles. The van der Waals surface area contributed by atoms with Crippen LogP contribution in [0, 0.1) is 0 Å². The number of rotatable bonds is 6. The second-order valence-corrected chi connectivity index (χ2v) is 10.2. The molecule has 1 aromatic heterocycles. The van der Waals surface area contributed by atoms with Crippen molar-refractivity contribution in [3.05, 3.63) is 95.7 Å². The number of aromatic carboxylic acids is 1. The van der Waals surface area contributed by atoms with Crippen LogP contribution in [0.15, 0.2) is 79.0 Å². The number of carboxylic acid groups (broad SMARTS) is 1. The second-order valence-electron chi connectivity index (χ2n) is 10.2. The van der Waals surface area contributed by atoms with Crippen LogP contribution >= 0.6 is 0 Å². The third-order valence-corrected chi connectivity index (χ3v) is 7.51. The highest BCUT2D eigenvalue weighted by atomic mass is 16.4. The lowest BCUT2D eigenvalue weighted by Crippen LogP contribution is -2.46. The topological polar surface area (TPSA) is 107 Å². The fourth-order valence-electron chi connectivity index (χ4n) is 5.29. The SMILES string of the molecule is CN1CCN(CC(=O)n2ccc3cc(N/C(=C4\C(=O)Nc5cc(C(=O)O)ccc54)c4ccccc4)ccc32)CC1. The Kier molecular flexibility index (Phi) is 6.67. The van der Waals surface area contributed by atoms with Gasteiger partial charge >= 0.3 is 5.97 Å². The Morgan fingerprint density at radius 1 is 0.925 bits per heavy atom. The molecule has 1 fully saturated rings. The Labute approximate surface area is 231 Å². The van der Waals surface area contributed by atoms with Crippen LogP contribution in [0.5, 0.6) is 0 Å². The number of nitrogens with zero attached hydrogens (tertiary/aromatic N) is 3. The standard InChI is InChI=1S/C31H29N5O4/c1-34-13-15-35(16-14-34)19-27(37)36-12-11-21-17-23(8-10-26(21)36)32-29(20-5-3-2-4-6-20)28-24-9-7-22(31(39)40)18-25(24)33-30(28)38/h2-12,17-18,32H,13-16,19H2,1H3,(H,33,38)(H,39,40)/b29-28-. The minimum absolute atomic E-state index is 0.0346. The third kappa shape index (κ3) is 4.88. The van der Waals surface area contributed by atoms with Crippen LogP contribution in [-0.2, 0) is 4.79 Å². The molecular formula is C31H29N5O4. The highest BCUT2D eigenvalue weighted by Crippen LogP contribution is 2.38. The zero-order valence-corrected chi connectivity index (χ0v) is 22.1. The van der Waals surface area contributed by atoms with Crippen molar-refractivity contribution in [1.82, 2.24) is 14.4 Å². The lowest BCUT2D eigenvalue weighted by atomic mass is 9.99. The second kappa shape index (κ2) is 10.4. The van der Waals surface area contributed by atoms with E-state index in [-0.39, 0.29) is 17.4 Å². The Balaban J connectivity index is 1.33. The zero-order chi connectivity index (χ0) is 27.8. The van der Waals surface area contributed by atoms with E-state index in [2.05, 4.69) is 27.5 Å². The first-order valence-electron chi connectivity index (χ1n) is 13.2. The molecule has 3 heterocycles. The average molecular weight is 536 g/mol. The number of benzene rings is 3. The van der Waals surface area contributed by atoms with E-state index in [1.54, 1.807) is 10.6 Å². The molecule has 0 saturated carbocycles. The number of nitrogens with one attached hydrogen (secondary N) is 2. The van der Waals surface area contributed by atoms with E-state index in [0.29, 0.717) is 29.1 Å². The Morgan fingerprint density at radius 3 is 2.45 bits per heavy atom. The number of likely N-dealkylation sites (N-methyl/N-ethyl adjacent to an activating group) is 1.